The van der Waals surface area contributed by atoms with Gasteiger partial charge in [-0.2, -0.15) is 0 Å². The Morgan fingerprint density at radius 1 is 1.23 bits per heavy atom. The van der Waals surface area contributed by atoms with E-state index in [1.165, 1.54) is 32.6 Å². The minimum absolute atomic E-state index is 0.240. The van der Waals surface area contributed by atoms with Crippen LogP contribution in [0.4, 0.5) is 0 Å². The van der Waals surface area contributed by atoms with Gasteiger partial charge in [-0.25, -0.2) is 0 Å². The van der Waals surface area contributed by atoms with Crippen molar-refractivity contribution < 1.29 is 28.8 Å². The van der Waals surface area contributed by atoms with E-state index in [2.05, 4.69) is 12.2 Å². The predicted molar refractivity (Wildman–Crippen MR) is 96.5 cm³/mol. The van der Waals surface area contributed by atoms with Crippen LogP contribution in [0.3, 0.4) is 0 Å². The van der Waals surface area contributed by atoms with Gasteiger partial charge in [-0.3, -0.25) is 4.79 Å². The average Bonchev–Trinajstić information content (AvgIpc) is 2.57. The van der Waals surface area contributed by atoms with Crippen LogP contribution in [-0.4, -0.2) is 60.7 Å². The third kappa shape index (κ3) is 6.16. The highest BCUT2D eigenvalue weighted by Crippen LogP contribution is 2.32. The van der Waals surface area contributed by atoms with E-state index >= 15 is 0 Å². The van der Waals surface area contributed by atoms with Crippen LogP contribution in [0.5, 0.6) is 0 Å². The van der Waals surface area contributed by atoms with E-state index in [0.29, 0.717) is 13.2 Å². The molecule has 2 fully saturated rings. The largest absolute Gasteiger partial charge is 0.388 e. The summed E-state index contributed by atoms with van der Waals surface area (Å²) in [5, 5.41) is 13.5. The van der Waals surface area contributed by atoms with Crippen molar-refractivity contribution in [3.63, 3.8) is 0 Å². The zero-order valence-electron chi connectivity index (χ0n) is 16.5. The van der Waals surface area contributed by atoms with Crippen LogP contribution in [0.1, 0.15) is 66.2 Å². The van der Waals surface area contributed by atoms with Gasteiger partial charge in [0.15, 0.2) is 12.1 Å². The van der Waals surface area contributed by atoms with Crippen molar-refractivity contribution in [2.45, 2.75) is 103 Å². The fourth-order valence-electron chi connectivity index (χ4n) is 3.46. The van der Waals surface area contributed by atoms with Crippen molar-refractivity contribution in [1.29, 1.82) is 0 Å². The topological polar surface area (TPSA) is 86.2 Å². The quantitative estimate of drug-likeness (QED) is 0.602. The van der Waals surface area contributed by atoms with Crippen molar-refractivity contribution in [3.05, 3.63) is 0 Å². The summed E-state index contributed by atoms with van der Waals surface area (Å²) < 4.78 is 23.3. The van der Waals surface area contributed by atoms with Crippen LogP contribution in [0.2, 0.25) is 0 Å². The van der Waals surface area contributed by atoms with E-state index in [0.717, 1.165) is 12.8 Å². The van der Waals surface area contributed by atoms with Gasteiger partial charge in [0.2, 0.25) is 5.91 Å². The minimum Gasteiger partial charge on any atom is -0.388 e. The van der Waals surface area contributed by atoms with Gasteiger partial charge in [0.1, 0.15) is 24.4 Å². The molecule has 1 amide bonds. The molecule has 0 aliphatic carbocycles. The Labute approximate surface area is 156 Å². The lowest BCUT2D eigenvalue weighted by Crippen LogP contribution is -2.68. The number of rotatable bonds is 9. The van der Waals surface area contributed by atoms with Gasteiger partial charge >= 0.3 is 0 Å². The molecular formula is C19H35NO6. The Morgan fingerprint density at radius 2 is 1.92 bits per heavy atom. The Bertz CT molecular complexity index is 444. The van der Waals surface area contributed by atoms with Crippen molar-refractivity contribution in [1.82, 2.24) is 5.32 Å². The number of hydrogen-bond acceptors (Lipinski definition) is 6. The maximum atomic E-state index is 11.6. The molecule has 26 heavy (non-hydrogen) atoms. The summed E-state index contributed by atoms with van der Waals surface area (Å²) in [5.41, 5.74) is 0. The van der Waals surface area contributed by atoms with Gasteiger partial charge in [-0.1, -0.05) is 39.0 Å². The Morgan fingerprint density at radius 3 is 2.62 bits per heavy atom. The highest BCUT2D eigenvalue weighted by molar-refractivity contribution is 5.73. The molecule has 2 aliphatic rings. The maximum absolute atomic E-state index is 11.6. The summed E-state index contributed by atoms with van der Waals surface area (Å²) in [6.07, 6.45) is 4.36. The number of hydrogen-bond donors (Lipinski definition) is 2. The molecular weight excluding hydrogens is 338 g/mol. The Balaban J connectivity index is 1.88. The number of amides is 1. The molecule has 0 unspecified atom stereocenters. The molecule has 0 spiro atoms. The van der Waals surface area contributed by atoms with E-state index in [9.17, 15) is 9.90 Å². The monoisotopic (exact) mass is 373 g/mol. The van der Waals surface area contributed by atoms with E-state index < -0.39 is 36.4 Å². The van der Waals surface area contributed by atoms with Crippen molar-refractivity contribution in [3.8, 4) is 0 Å². The first-order valence-electron chi connectivity index (χ1n) is 9.88. The summed E-state index contributed by atoms with van der Waals surface area (Å²) in [6.45, 7) is 8.06. The lowest BCUT2D eigenvalue weighted by atomic mass is 9.95. The molecule has 7 heteroatoms. The van der Waals surface area contributed by atoms with Gasteiger partial charge in [-0.05, 0) is 20.3 Å². The van der Waals surface area contributed by atoms with Crippen molar-refractivity contribution in [2.24, 2.45) is 0 Å². The number of aliphatic hydroxyl groups is 1. The molecule has 0 radical (unpaired) electrons. The summed E-state index contributed by atoms with van der Waals surface area (Å²) in [5.74, 6) is -1.03. The smallest absolute Gasteiger partial charge is 0.217 e. The van der Waals surface area contributed by atoms with Crippen molar-refractivity contribution >= 4 is 5.91 Å². The Hall–Kier alpha value is -0.730. The maximum Gasteiger partial charge on any atom is 0.217 e. The molecule has 5 atom stereocenters. The molecule has 0 aromatic rings. The van der Waals surface area contributed by atoms with Crippen LogP contribution < -0.4 is 5.32 Å². The van der Waals surface area contributed by atoms with Crippen LogP contribution in [0, 0.1) is 0 Å². The highest BCUT2D eigenvalue weighted by Gasteiger charge is 2.51. The number of aliphatic hydroxyl groups excluding tert-OH is 1. The number of unbranched alkanes of at least 4 members (excludes halogenated alkanes) is 5. The fourth-order valence-corrected chi connectivity index (χ4v) is 3.46. The number of nitrogens with one attached hydrogen (secondary N) is 1. The first-order chi connectivity index (χ1) is 12.3. The average molecular weight is 373 g/mol. The van der Waals surface area contributed by atoms with E-state index in [1.807, 2.05) is 0 Å². The summed E-state index contributed by atoms with van der Waals surface area (Å²) >= 11 is 0. The number of ether oxygens (including phenoxy) is 4. The zero-order chi connectivity index (χ0) is 19.2. The molecule has 7 nitrogen and oxygen atoms in total. The SMILES string of the molecule is CCCCCCCCO[C@@H]1O[C@@H]2COC(C)(C)O[C@@H]2[C@H](O)[C@@H]1NC(C)=O. The first kappa shape index (κ1) is 21.6. The zero-order valence-corrected chi connectivity index (χ0v) is 16.5. The predicted octanol–water partition coefficient (Wildman–Crippen LogP) is 2.11. The summed E-state index contributed by atoms with van der Waals surface area (Å²) in [4.78, 5) is 11.6. The van der Waals surface area contributed by atoms with Gasteiger partial charge in [0.25, 0.3) is 0 Å². The summed E-state index contributed by atoms with van der Waals surface area (Å²) in [6, 6.07) is -0.664. The van der Waals surface area contributed by atoms with Gasteiger partial charge in [0.05, 0.1) is 6.61 Å². The molecule has 0 aromatic heterocycles. The molecule has 2 heterocycles. The fraction of sp³-hybridized carbons (Fsp3) is 0.947. The third-order valence-corrected chi connectivity index (χ3v) is 4.84. The number of carbonyl (C=O) groups excluding carboxylic acids is 1. The van der Waals surface area contributed by atoms with E-state index in [-0.39, 0.29) is 5.91 Å². The molecule has 2 aliphatic heterocycles. The van der Waals surface area contributed by atoms with Crippen LogP contribution >= 0.6 is 0 Å². The first-order valence-corrected chi connectivity index (χ1v) is 9.88. The third-order valence-electron chi connectivity index (χ3n) is 4.84. The normalized spacial score (nSPS) is 33.5. The second-order valence-corrected chi connectivity index (χ2v) is 7.69. The molecule has 0 bridgehead atoms. The minimum atomic E-state index is -0.921. The number of fused-ring (bicyclic) bond motifs is 1. The summed E-state index contributed by atoms with van der Waals surface area (Å²) in [7, 11) is 0. The van der Waals surface area contributed by atoms with Crippen LogP contribution in [0.25, 0.3) is 0 Å². The molecule has 0 saturated carbocycles. The van der Waals surface area contributed by atoms with E-state index in [4.69, 9.17) is 18.9 Å². The number of carbonyl (C=O) groups is 1. The van der Waals surface area contributed by atoms with Crippen LogP contribution in [-0.2, 0) is 23.7 Å². The molecule has 2 rings (SSSR count). The molecule has 0 aromatic carbocycles. The van der Waals surface area contributed by atoms with Gasteiger partial charge in [-0.15, -0.1) is 0 Å². The molecule has 2 saturated heterocycles. The van der Waals surface area contributed by atoms with Crippen molar-refractivity contribution in [2.75, 3.05) is 13.2 Å². The lowest BCUT2D eigenvalue weighted by Gasteiger charge is -2.49. The second kappa shape index (κ2) is 9.99. The lowest BCUT2D eigenvalue weighted by molar-refractivity contribution is -0.368. The van der Waals surface area contributed by atoms with Crippen LogP contribution in [0.15, 0.2) is 0 Å². The van der Waals surface area contributed by atoms with E-state index in [1.54, 1.807) is 13.8 Å². The molecule has 2 N–H and O–H groups in total. The molecule has 152 valence electrons. The van der Waals surface area contributed by atoms with Gasteiger partial charge < -0.3 is 29.4 Å². The Kier molecular flexibility index (Phi) is 8.29. The van der Waals surface area contributed by atoms with Gasteiger partial charge in [0, 0.05) is 13.5 Å². The second-order valence-electron chi connectivity index (χ2n) is 7.69. The highest BCUT2D eigenvalue weighted by atomic mass is 16.8. The standard InChI is InChI=1S/C19H35NO6/c1-5-6-7-8-9-10-11-23-18-15(20-13(2)21)16(22)17-14(25-18)12-24-19(3,4)26-17/h14-18,22H,5-12H2,1-4H3,(H,20,21)/t14-,15+,16-,17+,18-/m1/s1.